The van der Waals surface area contributed by atoms with Crippen molar-refractivity contribution < 1.29 is 9.52 Å². The van der Waals surface area contributed by atoms with Gasteiger partial charge >= 0.3 is 0 Å². The molecule has 0 spiro atoms. The molecule has 1 atom stereocenters. The Morgan fingerprint density at radius 1 is 1.57 bits per heavy atom. The zero-order chi connectivity index (χ0) is 10.2. The van der Waals surface area contributed by atoms with E-state index in [0.717, 1.165) is 25.0 Å². The Bertz CT molecular complexity index is 314. The third-order valence-electron chi connectivity index (χ3n) is 3.22. The highest BCUT2D eigenvalue weighted by molar-refractivity contribution is 9.10. The number of hydrogen-bond donors (Lipinski definition) is 2. The summed E-state index contributed by atoms with van der Waals surface area (Å²) in [7, 11) is 0. The van der Waals surface area contributed by atoms with Gasteiger partial charge in [0.25, 0.3) is 0 Å². The standard InChI is InChI=1S/C10H14BrNO2/c11-8-3-2-7(14-8)9(12)10(6-13)4-1-5-10/h2-3,9,13H,1,4-6,12H2. The molecule has 0 aliphatic heterocycles. The molecule has 4 heteroatoms. The minimum absolute atomic E-state index is 0.142. The summed E-state index contributed by atoms with van der Waals surface area (Å²) in [5, 5.41) is 9.34. The van der Waals surface area contributed by atoms with Crippen molar-refractivity contribution in [1.82, 2.24) is 0 Å². The second-order valence-electron chi connectivity index (χ2n) is 3.99. The van der Waals surface area contributed by atoms with E-state index in [2.05, 4.69) is 15.9 Å². The molecule has 1 aliphatic carbocycles. The van der Waals surface area contributed by atoms with Gasteiger partial charge in [0, 0.05) is 5.41 Å². The maximum absolute atomic E-state index is 9.34. The molecule has 0 saturated heterocycles. The molecule has 3 nitrogen and oxygen atoms in total. The fourth-order valence-electron chi connectivity index (χ4n) is 2.00. The van der Waals surface area contributed by atoms with Crippen molar-refractivity contribution in [3.05, 3.63) is 22.6 Å². The Kier molecular flexibility index (Phi) is 2.68. The van der Waals surface area contributed by atoms with Crippen LogP contribution in [0, 0.1) is 5.41 Å². The lowest BCUT2D eigenvalue weighted by molar-refractivity contribution is 0.0117. The van der Waals surface area contributed by atoms with E-state index in [1.54, 1.807) is 0 Å². The Balaban J connectivity index is 2.18. The van der Waals surface area contributed by atoms with Crippen molar-refractivity contribution in [3.63, 3.8) is 0 Å². The zero-order valence-electron chi connectivity index (χ0n) is 7.87. The summed E-state index contributed by atoms with van der Waals surface area (Å²) in [6, 6.07) is 3.51. The predicted octanol–water partition coefficient (Wildman–Crippen LogP) is 2.20. The van der Waals surface area contributed by atoms with Gasteiger partial charge in [-0.25, -0.2) is 0 Å². The quantitative estimate of drug-likeness (QED) is 0.875. The lowest BCUT2D eigenvalue weighted by Gasteiger charge is -2.44. The fraction of sp³-hybridized carbons (Fsp3) is 0.600. The van der Waals surface area contributed by atoms with Crippen LogP contribution in [0.1, 0.15) is 31.1 Å². The number of halogens is 1. The predicted molar refractivity (Wildman–Crippen MR) is 56.7 cm³/mol. The Hall–Kier alpha value is -0.320. The highest BCUT2D eigenvalue weighted by Crippen LogP contribution is 2.49. The summed E-state index contributed by atoms with van der Waals surface area (Å²) in [5.41, 5.74) is 5.94. The van der Waals surface area contributed by atoms with Gasteiger partial charge in [0.2, 0.25) is 0 Å². The molecule has 1 fully saturated rings. The normalized spacial score (nSPS) is 21.6. The van der Waals surface area contributed by atoms with E-state index in [-0.39, 0.29) is 18.1 Å². The van der Waals surface area contributed by atoms with Crippen molar-refractivity contribution in [2.75, 3.05) is 6.61 Å². The molecule has 78 valence electrons. The van der Waals surface area contributed by atoms with Gasteiger partial charge in [-0.3, -0.25) is 0 Å². The summed E-state index contributed by atoms with van der Waals surface area (Å²) in [5.74, 6) is 0.755. The minimum atomic E-state index is -0.187. The van der Waals surface area contributed by atoms with Crippen molar-refractivity contribution >= 4 is 15.9 Å². The first-order valence-electron chi connectivity index (χ1n) is 4.80. The number of rotatable bonds is 3. The largest absolute Gasteiger partial charge is 0.453 e. The van der Waals surface area contributed by atoms with E-state index in [0.29, 0.717) is 4.67 Å². The van der Waals surface area contributed by atoms with Crippen LogP contribution in [-0.2, 0) is 0 Å². The van der Waals surface area contributed by atoms with Crippen LogP contribution in [0.25, 0.3) is 0 Å². The summed E-state index contributed by atoms with van der Waals surface area (Å²) in [4.78, 5) is 0. The van der Waals surface area contributed by atoms with Crippen LogP contribution < -0.4 is 5.73 Å². The zero-order valence-corrected chi connectivity index (χ0v) is 9.46. The fourth-order valence-corrected chi connectivity index (χ4v) is 2.31. The number of hydrogen-bond acceptors (Lipinski definition) is 3. The topological polar surface area (TPSA) is 59.4 Å². The molecule has 0 amide bonds. The second kappa shape index (κ2) is 3.68. The van der Waals surface area contributed by atoms with Gasteiger partial charge < -0.3 is 15.3 Å². The first-order valence-corrected chi connectivity index (χ1v) is 5.59. The van der Waals surface area contributed by atoms with Gasteiger partial charge in [0.05, 0.1) is 12.6 Å². The van der Waals surface area contributed by atoms with Gasteiger partial charge in [-0.2, -0.15) is 0 Å². The van der Waals surface area contributed by atoms with Gasteiger partial charge in [-0.15, -0.1) is 0 Å². The molecule has 2 rings (SSSR count). The van der Waals surface area contributed by atoms with E-state index in [4.69, 9.17) is 10.2 Å². The van der Waals surface area contributed by atoms with E-state index in [1.807, 2.05) is 12.1 Å². The van der Waals surface area contributed by atoms with Crippen LogP contribution in [0.15, 0.2) is 21.2 Å². The maximum atomic E-state index is 9.34. The molecular weight excluding hydrogens is 246 g/mol. The first-order chi connectivity index (χ1) is 6.68. The monoisotopic (exact) mass is 259 g/mol. The molecule has 1 aromatic heterocycles. The summed E-state index contributed by atoms with van der Waals surface area (Å²) >= 11 is 3.24. The van der Waals surface area contributed by atoms with Crippen LogP contribution in [0.4, 0.5) is 0 Å². The number of aliphatic hydroxyl groups excluding tert-OH is 1. The van der Waals surface area contributed by atoms with Crippen LogP contribution in [0.2, 0.25) is 0 Å². The number of aliphatic hydroxyl groups is 1. The molecular formula is C10H14BrNO2. The molecule has 1 aliphatic rings. The van der Waals surface area contributed by atoms with Crippen molar-refractivity contribution in [1.29, 1.82) is 0 Å². The van der Waals surface area contributed by atoms with Crippen LogP contribution in [-0.4, -0.2) is 11.7 Å². The van der Waals surface area contributed by atoms with Crippen molar-refractivity contribution in [2.45, 2.75) is 25.3 Å². The van der Waals surface area contributed by atoms with Crippen molar-refractivity contribution in [3.8, 4) is 0 Å². The van der Waals surface area contributed by atoms with Crippen molar-refractivity contribution in [2.24, 2.45) is 11.1 Å². The highest BCUT2D eigenvalue weighted by atomic mass is 79.9. The molecule has 0 radical (unpaired) electrons. The molecule has 0 aromatic carbocycles. The van der Waals surface area contributed by atoms with Gasteiger partial charge in [0.1, 0.15) is 5.76 Å². The molecule has 1 heterocycles. The maximum Gasteiger partial charge on any atom is 0.169 e. The van der Waals surface area contributed by atoms with E-state index in [9.17, 15) is 5.11 Å². The van der Waals surface area contributed by atoms with Gasteiger partial charge in [-0.1, -0.05) is 6.42 Å². The Labute approximate surface area is 91.4 Å². The van der Waals surface area contributed by atoms with Gasteiger partial charge in [0.15, 0.2) is 4.67 Å². The number of furan rings is 1. The molecule has 14 heavy (non-hydrogen) atoms. The SMILES string of the molecule is NC(c1ccc(Br)o1)C1(CO)CCC1. The first kappa shape index (κ1) is 10.2. The second-order valence-corrected chi connectivity index (χ2v) is 4.78. The molecule has 3 N–H and O–H groups in total. The summed E-state index contributed by atoms with van der Waals surface area (Å²) in [6.07, 6.45) is 3.13. The van der Waals surface area contributed by atoms with Crippen LogP contribution in [0.3, 0.4) is 0 Å². The molecule has 1 aromatic rings. The third kappa shape index (κ3) is 1.51. The lowest BCUT2D eigenvalue weighted by Crippen LogP contribution is -2.43. The van der Waals surface area contributed by atoms with Crippen LogP contribution >= 0.6 is 15.9 Å². The smallest absolute Gasteiger partial charge is 0.169 e. The average Bonchev–Trinajstić information content (AvgIpc) is 2.50. The van der Waals surface area contributed by atoms with Gasteiger partial charge in [-0.05, 0) is 40.9 Å². The summed E-state index contributed by atoms with van der Waals surface area (Å²) in [6.45, 7) is 0.145. The van der Waals surface area contributed by atoms with Crippen LogP contribution in [0.5, 0.6) is 0 Å². The lowest BCUT2D eigenvalue weighted by atomic mass is 9.64. The molecule has 1 saturated carbocycles. The minimum Gasteiger partial charge on any atom is -0.453 e. The average molecular weight is 260 g/mol. The van der Waals surface area contributed by atoms with E-state index >= 15 is 0 Å². The summed E-state index contributed by atoms with van der Waals surface area (Å²) < 4.78 is 6.10. The number of nitrogens with two attached hydrogens (primary N) is 1. The Morgan fingerprint density at radius 3 is 2.64 bits per heavy atom. The molecule has 1 unspecified atom stereocenters. The van der Waals surface area contributed by atoms with E-state index < -0.39 is 0 Å². The van der Waals surface area contributed by atoms with E-state index in [1.165, 1.54) is 0 Å². The molecule has 0 bridgehead atoms. The third-order valence-corrected chi connectivity index (χ3v) is 3.65. The highest BCUT2D eigenvalue weighted by Gasteiger charge is 2.43. The Morgan fingerprint density at radius 2 is 2.29 bits per heavy atom.